The normalized spacial score (nSPS) is 19.5. The highest BCUT2D eigenvalue weighted by molar-refractivity contribution is 7.19. The van der Waals surface area contributed by atoms with Crippen LogP contribution in [0.15, 0.2) is 24.4 Å². The minimum atomic E-state index is 0.756. The van der Waals surface area contributed by atoms with Crippen LogP contribution in [0.1, 0.15) is 35.3 Å². The van der Waals surface area contributed by atoms with E-state index < -0.39 is 0 Å². The summed E-state index contributed by atoms with van der Waals surface area (Å²) in [4.78, 5) is 22.1. The van der Waals surface area contributed by atoms with Gasteiger partial charge in [-0.2, -0.15) is 0 Å². The van der Waals surface area contributed by atoms with Crippen LogP contribution >= 0.6 is 11.3 Å². The molecular weight excluding hydrogens is 406 g/mol. The largest absolute Gasteiger partial charge is 0.379 e. The van der Waals surface area contributed by atoms with Crippen molar-refractivity contribution in [2.24, 2.45) is 5.92 Å². The standard InChI is InChI=1S/C24H31N5OS/c1-17-6-7-19-20(15-17)31-24-22(19)23(28(2)10-8-18-5-3-4-9-25-18)26-21(27-24)16-29-11-13-30-14-12-29/h3-5,9,17H,6-8,10-16H2,1-2H3/t17-/m1/s1. The molecule has 0 spiro atoms. The van der Waals surface area contributed by atoms with Crippen LogP contribution in [0.4, 0.5) is 5.82 Å². The van der Waals surface area contributed by atoms with E-state index in [0.29, 0.717) is 0 Å². The molecule has 3 aromatic heterocycles. The van der Waals surface area contributed by atoms with Crippen LogP contribution in [0, 0.1) is 5.92 Å². The Kier molecular flexibility index (Phi) is 6.16. The van der Waals surface area contributed by atoms with E-state index in [1.54, 1.807) is 0 Å². The molecule has 3 aromatic rings. The maximum atomic E-state index is 5.51. The van der Waals surface area contributed by atoms with Crippen molar-refractivity contribution in [2.75, 3.05) is 44.8 Å². The maximum Gasteiger partial charge on any atom is 0.146 e. The van der Waals surface area contributed by atoms with Crippen molar-refractivity contribution in [1.29, 1.82) is 0 Å². The van der Waals surface area contributed by atoms with Gasteiger partial charge in [0.05, 0.1) is 25.1 Å². The monoisotopic (exact) mass is 437 g/mol. The summed E-state index contributed by atoms with van der Waals surface area (Å²) >= 11 is 1.89. The number of aromatic nitrogens is 3. The van der Waals surface area contributed by atoms with Crippen molar-refractivity contribution >= 4 is 27.4 Å². The minimum Gasteiger partial charge on any atom is -0.379 e. The first-order valence-electron chi connectivity index (χ1n) is 11.4. The number of nitrogens with zero attached hydrogens (tertiary/aromatic N) is 5. The molecule has 1 saturated heterocycles. The molecule has 0 saturated carbocycles. The second kappa shape index (κ2) is 9.18. The van der Waals surface area contributed by atoms with Crippen molar-refractivity contribution in [1.82, 2.24) is 19.9 Å². The Morgan fingerprint density at radius 1 is 1.23 bits per heavy atom. The summed E-state index contributed by atoms with van der Waals surface area (Å²) in [5, 5.41) is 1.29. The molecule has 6 nitrogen and oxygen atoms in total. The molecule has 1 aliphatic carbocycles. The molecule has 7 heteroatoms. The third-order valence-corrected chi connectivity index (χ3v) is 7.59. The molecule has 0 amide bonds. The highest BCUT2D eigenvalue weighted by atomic mass is 32.1. The summed E-state index contributed by atoms with van der Waals surface area (Å²) < 4.78 is 5.51. The molecule has 1 fully saturated rings. The van der Waals surface area contributed by atoms with E-state index in [4.69, 9.17) is 14.7 Å². The summed E-state index contributed by atoms with van der Waals surface area (Å²) in [7, 11) is 2.17. The second-order valence-electron chi connectivity index (χ2n) is 8.88. The zero-order valence-corrected chi connectivity index (χ0v) is 19.3. The Morgan fingerprint density at radius 3 is 2.90 bits per heavy atom. The van der Waals surface area contributed by atoms with E-state index in [2.05, 4.69) is 40.9 Å². The number of fused-ring (bicyclic) bond motifs is 3. The first kappa shape index (κ1) is 20.8. The van der Waals surface area contributed by atoms with Gasteiger partial charge in [-0.1, -0.05) is 13.0 Å². The van der Waals surface area contributed by atoms with Gasteiger partial charge in [0.25, 0.3) is 0 Å². The molecule has 5 rings (SSSR count). The quantitative estimate of drug-likeness (QED) is 0.586. The molecule has 0 N–H and O–H groups in total. The predicted octanol–water partition coefficient (Wildman–Crippen LogP) is 3.72. The average Bonchev–Trinajstić information content (AvgIpc) is 3.15. The fourth-order valence-corrected chi connectivity index (χ4v) is 6.00. The van der Waals surface area contributed by atoms with Crippen molar-refractivity contribution in [2.45, 2.75) is 39.2 Å². The zero-order chi connectivity index (χ0) is 21.2. The predicted molar refractivity (Wildman–Crippen MR) is 126 cm³/mol. The highest BCUT2D eigenvalue weighted by Crippen LogP contribution is 2.41. The third-order valence-electron chi connectivity index (χ3n) is 6.44. The number of thiophene rings is 1. The number of pyridine rings is 1. The number of hydrogen-bond acceptors (Lipinski definition) is 7. The highest BCUT2D eigenvalue weighted by Gasteiger charge is 2.25. The minimum absolute atomic E-state index is 0.756. The molecule has 0 bridgehead atoms. The number of hydrogen-bond donors (Lipinski definition) is 0. The Hall–Kier alpha value is -2.09. The van der Waals surface area contributed by atoms with Crippen LogP contribution in [0.2, 0.25) is 0 Å². The van der Waals surface area contributed by atoms with Gasteiger partial charge in [0.1, 0.15) is 16.5 Å². The Labute approximate surface area is 188 Å². The molecule has 0 aromatic carbocycles. The molecule has 1 aliphatic heterocycles. The molecule has 0 radical (unpaired) electrons. The number of ether oxygens (including phenoxy) is 1. The topological polar surface area (TPSA) is 54.4 Å². The summed E-state index contributed by atoms with van der Waals surface area (Å²) in [6.45, 7) is 7.53. The van der Waals surface area contributed by atoms with Crippen molar-refractivity contribution < 1.29 is 4.74 Å². The summed E-state index contributed by atoms with van der Waals surface area (Å²) in [6.07, 6.45) is 6.35. The van der Waals surface area contributed by atoms with Crippen LogP contribution in [0.5, 0.6) is 0 Å². The summed E-state index contributed by atoms with van der Waals surface area (Å²) in [6, 6.07) is 6.13. The van der Waals surface area contributed by atoms with Gasteiger partial charge in [0.15, 0.2) is 0 Å². The van der Waals surface area contributed by atoms with Crippen LogP contribution < -0.4 is 4.90 Å². The van der Waals surface area contributed by atoms with Crippen LogP contribution in [0.25, 0.3) is 10.2 Å². The number of likely N-dealkylation sites (N-methyl/N-ethyl adjacent to an activating group) is 1. The van der Waals surface area contributed by atoms with E-state index in [1.807, 2.05) is 23.6 Å². The fraction of sp³-hybridized carbons (Fsp3) is 0.542. The van der Waals surface area contributed by atoms with E-state index >= 15 is 0 Å². The smallest absolute Gasteiger partial charge is 0.146 e. The lowest BCUT2D eigenvalue weighted by molar-refractivity contribution is 0.0331. The number of aryl methyl sites for hydroxylation is 1. The lowest BCUT2D eigenvalue weighted by atomic mass is 9.89. The van der Waals surface area contributed by atoms with E-state index in [9.17, 15) is 0 Å². The van der Waals surface area contributed by atoms with E-state index in [1.165, 1.54) is 28.7 Å². The van der Waals surface area contributed by atoms with Gasteiger partial charge >= 0.3 is 0 Å². The molecule has 0 unspecified atom stereocenters. The van der Waals surface area contributed by atoms with Gasteiger partial charge < -0.3 is 9.64 Å². The lowest BCUT2D eigenvalue weighted by Crippen LogP contribution is -2.36. The first-order chi connectivity index (χ1) is 15.2. The summed E-state index contributed by atoms with van der Waals surface area (Å²) in [5.74, 6) is 2.78. The van der Waals surface area contributed by atoms with Crippen LogP contribution in [-0.4, -0.2) is 59.7 Å². The van der Waals surface area contributed by atoms with E-state index in [-0.39, 0.29) is 0 Å². The number of rotatable bonds is 6. The fourth-order valence-electron chi connectivity index (χ4n) is 4.61. The lowest BCUT2D eigenvalue weighted by Gasteiger charge is -2.26. The Morgan fingerprint density at radius 2 is 2.10 bits per heavy atom. The zero-order valence-electron chi connectivity index (χ0n) is 18.5. The van der Waals surface area contributed by atoms with Crippen molar-refractivity contribution in [3.05, 3.63) is 46.4 Å². The van der Waals surface area contributed by atoms with E-state index in [0.717, 1.165) is 80.3 Å². The van der Waals surface area contributed by atoms with Gasteiger partial charge in [-0.05, 0) is 42.9 Å². The SMILES string of the molecule is C[C@@H]1CCc2c(sc3nc(CN4CCOCC4)nc(N(C)CCc4ccccn4)c23)C1. The Bertz CT molecular complexity index is 1030. The second-order valence-corrected chi connectivity index (χ2v) is 9.96. The average molecular weight is 438 g/mol. The van der Waals surface area contributed by atoms with Crippen molar-refractivity contribution in [3.8, 4) is 0 Å². The van der Waals surface area contributed by atoms with Gasteiger partial charge in [-0.3, -0.25) is 9.88 Å². The number of anilines is 1. The third kappa shape index (κ3) is 4.59. The molecule has 164 valence electrons. The number of morpholine rings is 1. The molecule has 4 heterocycles. The Balaban J connectivity index is 1.48. The van der Waals surface area contributed by atoms with Crippen molar-refractivity contribution in [3.63, 3.8) is 0 Å². The summed E-state index contributed by atoms with van der Waals surface area (Å²) in [5.41, 5.74) is 2.62. The van der Waals surface area contributed by atoms with Gasteiger partial charge in [-0.15, -0.1) is 11.3 Å². The maximum absolute atomic E-state index is 5.51. The van der Waals surface area contributed by atoms with Crippen LogP contribution in [-0.2, 0) is 30.5 Å². The molecular formula is C24H31N5OS. The molecule has 1 atom stereocenters. The van der Waals surface area contributed by atoms with Gasteiger partial charge in [0.2, 0.25) is 0 Å². The van der Waals surface area contributed by atoms with Gasteiger partial charge in [0, 0.05) is 49.9 Å². The first-order valence-corrected chi connectivity index (χ1v) is 12.2. The molecule has 31 heavy (non-hydrogen) atoms. The van der Waals surface area contributed by atoms with Gasteiger partial charge in [-0.25, -0.2) is 9.97 Å². The molecule has 2 aliphatic rings. The van der Waals surface area contributed by atoms with Crippen LogP contribution in [0.3, 0.4) is 0 Å².